The number of hydrogen-bond acceptors (Lipinski definition) is 0. The molecule has 0 nitrogen and oxygen atoms in total. The summed E-state index contributed by atoms with van der Waals surface area (Å²) in [4.78, 5) is 0. The van der Waals surface area contributed by atoms with Crippen LogP contribution in [-0.4, -0.2) is 0 Å². The zero-order valence-electron chi connectivity index (χ0n) is 13.5. The molecule has 0 N–H and O–H groups in total. The van der Waals surface area contributed by atoms with Crippen LogP contribution in [0.15, 0.2) is 0 Å². The minimum Gasteiger partial charge on any atom is -0.0776 e. The molecule has 0 aliphatic carbocycles. The normalized spacial score (nSPS) is 5.62. The lowest BCUT2D eigenvalue weighted by atomic mass is 10.4. The predicted molar refractivity (Wildman–Crippen MR) is 86.6 cm³/mol. The smallest absolute Gasteiger partial charge is 0.0564 e. The van der Waals surface area contributed by atoms with Gasteiger partial charge >= 0.3 is 0 Å². The average molecular weight is 237 g/mol. The van der Waals surface area contributed by atoms with Crippen molar-refractivity contribution < 1.29 is 0 Å². The van der Waals surface area contributed by atoms with Crippen molar-refractivity contribution in [3.63, 3.8) is 0 Å². The fourth-order valence-electron chi connectivity index (χ4n) is 0. The van der Waals surface area contributed by atoms with Crippen LogP contribution in [0.4, 0.5) is 0 Å². The topological polar surface area (TPSA) is 0 Å². The summed E-state index contributed by atoms with van der Waals surface area (Å²) in [6.45, 7) is 21.1. The van der Waals surface area contributed by atoms with Gasteiger partial charge in [0, 0.05) is 0 Å². The van der Waals surface area contributed by atoms with Crippen molar-refractivity contribution in [2.75, 3.05) is 0 Å². The first kappa shape index (κ1) is 36.0. The van der Waals surface area contributed by atoms with Crippen LogP contribution in [-0.2, 0) is 0 Å². The lowest BCUT2D eigenvalue weighted by molar-refractivity contribution is 0.886. The molecule has 0 amide bonds. The van der Waals surface area contributed by atoms with Crippen LogP contribution in [0.3, 0.4) is 0 Å². The van der Waals surface area contributed by atoms with Crippen molar-refractivity contribution in [3.8, 4) is 0 Å². The van der Waals surface area contributed by atoms with E-state index in [1.54, 1.807) is 0 Å². The van der Waals surface area contributed by atoms with E-state index in [1.165, 1.54) is 32.1 Å². The van der Waals surface area contributed by atoms with Crippen LogP contribution in [0.2, 0.25) is 0 Å². The van der Waals surface area contributed by atoms with Crippen molar-refractivity contribution in [2.45, 2.75) is 109 Å². The largest absolute Gasteiger partial charge is 0.0776 e. The molecule has 0 aliphatic rings. The fraction of sp³-hybridized carbons (Fsp3) is 1.00. The van der Waals surface area contributed by atoms with Crippen molar-refractivity contribution in [2.24, 2.45) is 0 Å². The first-order valence-corrected chi connectivity index (χ1v) is 7.16. The highest BCUT2D eigenvalue weighted by atomic mass is 13.6. The van der Waals surface area contributed by atoms with Gasteiger partial charge in [-0.3, -0.25) is 0 Å². The van der Waals surface area contributed by atoms with Crippen LogP contribution in [0.5, 0.6) is 0 Å². The Bertz CT molecular complexity index is 16.5. The Morgan fingerprint density at radius 2 is 0.500 bits per heavy atom. The SMILES string of the molecule is C.CC.CCC.CCC.CCC.CCCC. The maximum Gasteiger partial charge on any atom is -0.0564 e. The van der Waals surface area contributed by atoms with Gasteiger partial charge in [-0.05, 0) is 0 Å². The monoisotopic (exact) mass is 236 g/mol. The van der Waals surface area contributed by atoms with Gasteiger partial charge in [0.05, 0.1) is 0 Å². The summed E-state index contributed by atoms with van der Waals surface area (Å²) in [5.74, 6) is 0. The van der Waals surface area contributed by atoms with Gasteiger partial charge in [-0.15, -0.1) is 0 Å². The van der Waals surface area contributed by atoms with Gasteiger partial charge in [0.25, 0.3) is 0 Å². The third-order valence-corrected chi connectivity index (χ3v) is 0.500. The average Bonchev–Trinajstić information content (AvgIpc) is 2.24. The Balaban J connectivity index is -0.0000000196. The van der Waals surface area contributed by atoms with Gasteiger partial charge in [0.2, 0.25) is 0 Å². The molecule has 16 heavy (non-hydrogen) atoms. The summed E-state index contributed by atoms with van der Waals surface area (Å²) in [5, 5.41) is 0. The zero-order valence-corrected chi connectivity index (χ0v) is 13.5. The number of hydrogen-bond donors (Lipinski definition) is 0. The number of unbranched alkanes of at least 4 members (excludes halogenated alkanes) is 1. The summed E-state index contributed by atoms with van der Waals surface area (Å²) in [6, 6.07) is 0. The first-order valence-electron chi connectivity index (χ1n) is 7.16. The molecule has 0 radical (unpaired) electrons. The molecular weight excluding hydrogens is 192 g/mol. The van der Waals surface area contributed by atoms with E-state index >= 15 is 0 Å². The molecular formula is C16H44. The van der Waals surface area contributed by atoms with Crippen LogP contribution in [0.1, 0.15) is 109 Å². The second-order valence-corrected chi connectivity index (χ2v) is 3.12. The quantitative estimate of drug-likeness (QED) is 0.437. The second-order valence-electron chi connectivity index (χ2n) is 3.12. The highest BCUT2D eigenvalue weighted by Gasteiger charge is 1.56. The molecule has 108 valence electrons. The molecule has 0 aromatic heterocycles. The Morgan fingerprint density at radius 1 is 0.438 bits per heavy atom. The minimum atomic E-state index is 0. The van der Waals surface area contributed by atoms with Crippen molar-refractivity contribution in [1.29, 1.82) is 0 Å². The Hall–Kier alpha value is 0. The van der Waals surface area contributed by atoms with Crippen LogP contribution >= 0.6 is 0 Å². The maximum atomic E-state index is 2.18. The molecule has 0 aromatic rings. The highest BCUT2D eigenvalue weighted by Crippen LogP contribution is 1.76. The third-order valence-electron chi connectivity index (χ3n) is 0.500. The molecule has 0 fully saturated rings. The van der Waals surface area contributed by atoms with Crippen molar-refractivity contribution >= 4 is 0 Å². The highest BCUT2D eigenvalue weighted by molar-refractivity contribution is 4.12. The van der Waals surface area contributed by atoms with Crippen LogP contribution in [0.25, 0.3) is 0 Å². The van der Waals surface area contributed by atoms with E-state index in [4.69, 9.17) is 0 Å². The Labute approximate surface area is 109 Å². The fourth-order valence-corrected chi connectivity index (χ4v) is 0. The molecule has 0 saturated heterocycles. The zero-order chi connectivity index (χ0) is 13.5. The Kier molecular flexibility index (Phi) is 265. The van der Waals surface area contributed by atoms with E-state index in [-0.39, 0.29) is 7.43 Å². The van der Waals surface area contributed by atoms with E-state index in [1.807, 2.05) is 13.8 Å². The lowest BCUT2D eigenvalue weighted by Crippen LogP contribution is -1.47. The summed E-state index contributed by atoms with van der Waals surface area (Å²) in [6.07, 6.45) is 6.39. The molecule has 0 atom stereocenters. The molecule has 0 saturated carbocycles. The molecule has 0 aromatic carbocycles. The molecule has 0 spiro atoms. The molecule has 0 aliphatic heterocycles. The van der Waals surface area contributed by atoms with Gasteiger partial charge in [-0.1, -0.05) is 109 Å². The van der Waals surface area contributed by atoms with E-state index in [2.05, 4.69) is 55.4 Å². The van der Waals surface area contributed by atoms with Gasteiger partial charge in [-0.2, -0.15) is 0 Å². The van der Waals surface area contributed by atoms with Crippen molar-refractivity contribution in [3.05, 3.63) is 0 Å². The molecule has 0 heteroatoms. The summed E-state index contributed by atoms with van der Waals surface area (Å²) in [5.41, 5.74) is 0. The minimum absolute atomic E-state index is 0. The molecule has 0 rings (SSSR count). The van der Waals surface area contributed by atoms with Gasteiger partial charge in [0.15, 0.2) is 0 Å². The van der Waals surface area contributed by atoms with Crippen molar-refractivity contribution in [1.82, 2.24) is 0 Å². The van der Waals surface area contributed by atoms with E-state index in [0.717, 1.165) is 0 Å². The summed E-state index contributed by atoms with van der Waals surface area (Å²) in [7, 11) is 0. The number of rotatable bonds is 1. The molecule has 0 bridgehead atoms. The first-order chi connectivity index (χ1) is 7.16. The van der Waals surface area contributed by atoms with Crippen LogP contribution < -0.4 is 0 Å². The van der Waals surface area contributed by atoms with E-state index < -0.39 is 0 Å². The summed E-state index contributed by atoms with van der Waals surface area (Å²) < 4.78 is 0. The van der Waals surface area contributed by atoms with E-state index in [0.29, 0.717) is 0 Å². The second kappa shape index (κ2) is 118. The Morgan fingerprint density at radius 3 is 0.500 bits per heavy atom. The van der Waals surface area contributed by atoms with Gasteiger partial charge < -0.3 is 0 Å². The van der Waals surface area contributed by atoms with Gasteiger partial charge in [-0.25, -0.2) is 0 Å². The standard InChI is InChI=1S/C4H10.3C3H8.C2H6.CH4/c1-3-4-2;3*1-3-2;1-2;/h3-4H2,1-2H3;3*3H2,1-2H3;1-2H3;1H4. The lowest BCUT2D eigenvalue weighted by Gasteiger charge is -1.68. The maximum absolute atomic E-state index is 2.18. The molecule has 0 heterocycles. The predicted octanol–water partition coefficient (Wildman–Crippen LogP) is 7.72. The third kappa shape index (κ3) is 2370. The van der Waals surface area contributed by atoms with E-state index in [9.17, 15) is 0 Å². The van der Waals surface area contributed by atoms with Crippen LogP contribution in [0, 0.1) is 0 Å². The molecule has 0 unspecified atom stereocenters. The summed E-state index contributed by atoms with van der Waals surface area (Å²) >= 11 is 0. The van der Waals surface area contributed by atoms with Gasteiger partial charge in [0.1, 0.15) is 0 Å².